The van der Waals surface area contributed by atoms with Gasteiger partial charge in [0.05, 0.1) is 5.69 Å². The Balaban J connectivity index is 1.24. The minimum absolute atomic E-state index is 0.143. The van der Waals surface area contributed by atoms with E-state index in [9.17, 15) is 14.4 Å². The maximum absolute atomic E-state index is 13.1. The van der Waals surface area contributed by atoms with Gasteiger partial charge in [-0.3, -0.25) is 19.1 Å². The van der Waals surface area contributed by atoms with Gasteiger partial charge in [-0.05, 0) is 61.4 Å². The Morgan fingerprint density at radius 3 is 2.38 bits per heavy atom. The van der Waals surface area contributed by atoms with Crippen LogP contribution in [0.15, 0.2) is 103 Å². The fraction of sp³-hybridized carbons (Fsp3) is 0.118. The van der Waals surface area contributed by atoms with E-state index in [-0.39, 0.29) is 24.2 Å². The van der Waals surface area contributed by atoms with E-state index in [1.807, 2.05) is 42.5 Å². The highest BCUT2D eigenvalue weighted by molar-refractivity contribution is 6.11. The van der Waals surface area contributed by atoms with Gasteiger partial charge in [0, 0.05) is 46.6 Å². The van der Waals surface area contributed by atoms with Crippen molar-refractivity contribution in [3.05, 3.63) is 119 Å². The first-order valence-electron chi connectivity index (χ1n) is 13.4. The summed E-state index contributed by atoms with van der Waals surface area (Å²) in [7, 11) is 1.73. The third-order valence-electron chi connectivity index (χ3n) is 6.64. The molecule has 0 bridgehead atoms. The summed E-state index contributed by atoms with van der Waals surface area (Å²) in [5, 5.41) is 10.3. The zero-order valence-electron chi connectivity index (χ0n) is 23.0. The number of nitrogens with one attached hydrogen (secondary N) is 2. The highest BCUT2D eigenvalue weighted by Crippen LogP contribution is 2.24. The van der Waals surface area contributed by atoms with Crippen molar-refractivity contribution in [2.75, 3.05) is 17.2 Å². The van der Waals surface area contributed by atoms with E-state index in [2.05, 4.69) is 21.7 Å². The van der Waals surface area contributed by atoms with Crippen LogP contribution in [-0.2, 0) is 11.8 Å². The smallest absolute Gasteiger partial charge is 0.256 e. The molecule has 0 saturated heterocycles. The Kier molecular flexibility index (Phi) is 8.40. The molecule has 42 heavy (non-hydrogen) atoms. The molecule has 8 heteroatoms. The van der Waals surface area contributed by atoms with E-state index in [1.54, 1.807) is 66.3 Å². The summed E-state index contributed by atoms with van der Waals surface area (Å²) < 4.78 is 6.93. The summed E-state index contributed by atoms with van der Waals surface area (Å²) in [4.78, 5) is 38.6. The molecule has 0 spiro atoms. The fourth-order valence-electron chi connectivity index (χ4n) is 4.42. The number of aromatic nitrogens is 2. The Bertz CT molecular complexity index is 1740. The lowest BCUT2D eigenvalue weighted by atomic mass is 10.0. The average Bonchev–Trinajstić information content (AvgIpc) is 3.40. The normalized spacial score (nSPS) is 12.1. The van der Waals surface area contributed by atoms with Crippen molar-refractivity contribution in [3.63, 3.8) is 0 Å². The van der Waals surface area contributed by atoms with Gasteiger partial charge < -0.3 is 15.4 Å². The second-order valence-electron chi connectivity index (χ2n) is 9.59. The number of aryl methyl sites for hydroxylation is 1. The Morgan fingerprint density at radius 2 is 1.67 bits per heavy atom. The summed E-state index contributed by atoms with van der Waals surface area (Å²) in [5.74, 6) is 2.72. The summed E-state index contributed by atoms with van der Waals surface area (Å²) in [6, 6.07) is 22.3. The summed E-state index contributed by atoms with van der Waals surface area (Å²) in [5.41, 5.74) is 3.99. The number of amides is 2. The molecule has 3 aromatic carbocycles. The van der Waals surface area contributed by atoms with Gasteiger partial charge in [-0.1, -0.05) is 48.4 Å². The largest absolute Gasteiger partial charge is 0.481 e. The molecule has 0 saturated carbocycles. The molecule has 1 aromatic heterocycles. The van der Waals surface area contributed by atoms with Crippen molar-refractivity contribution in [1.29, 1.82) is 0 Å². The molecule has 2 amide bonds. The van der Waals surface area contributed by atoms with E-state index in [4.69, 9.17) is 11.2 Å². The number of ether oxygens (including phenoxy) is 1. The number of allylic oxidation sites excluding steroid dienone is 2. The second-order valence-corrected chi connectivity index (χ2v) is 9.59. The number of carbonyl (C=O) groups excluding carboxylic acids is 3. The lowest BCUT2D eigenvalue weighted by Gasteiger charge is -2.08. The van der Waals surface area contributed by atoms with Gasteiger partial charge in [-0.2, -0.15) is 5.10 Å². The standard InChI is InChI=1S/C34H28N4O4/c1-3-20-42-29-18-14-24(15-19-29)32(39)26-10-7-11-27(21-26)34(41)36-31-22-30(37-38(31)2)23-12-16-28(17-13-23)35-33(40)25-8-5-4-6-9-25/h1,5,7-19,21-22H,4,6,20H2,2H3,(H,35,40)(H,36,41). The third kappa shape index (κ3) is 6.54. The summed E-state index contributed by atoms with van der Waals surface area (Å²) in [6.07, 6.45) is 12.8. The lowest BCUT2D eigenvalue weighted by molar-refractivity contribution is -0.112. The predicted molar refractivity (Wildman–Crippen MR) is 162 cm³/mol. The Morgan fingerprint density at radius 1 is 0.905 bits per heavy atom. The lowest BCUT2D eigenvalue weighted by Crippen LogP contribution is -2.15. The molecule has 0 atom stereocenters. The molecule has 1 aliphatic rings. The van der Waals surface area contributed by atoms with Gasteiger partial charge in [0.25, 0.3) is 11.8 Å². The van der Waals surface area contributed by atoms with Crippen LogP contribution in [0.5, 0.6) is 5.75 Å². The van der Waals surface area contributed by atoms with Gasteiger partial charge >= 0.3 is 0 Å². The SMILES string of the molecule is C#CCOc1ccc(C(=O)c2cccc(C(=O)Nc3cc(-c4ccc(NC(=O)C5=CCCC=C5)cc4)nn3C)c2)cc1. The maximum atomic E-state index is 13.1. The van der Waals surface area contributed by atoms with Crippen molar-refractivity contribution < 1.29 is 19.1 Å². The number of rotatable bonds is 9. The average molecular weight is 557 g/mol. The molecule has 1 aliphatic carbocycles. The highest BCUT2D eigenvalue weighted by Gasteiger charge is 2.16. The quantitative estimate of drug-likeness (QED) is 0.201. The number of hydrogen-bond donors (Lipinski definition) is 2. The molecule has 0 radical (unpaired) electrons. The molecular formula is C34H28N4O4. The number of terminal acetylenes is 1. The van der Waals surface area contributed by atoms with Crippen LogP contribution >= 0.6 is 0 Å². The van der Waals surface area contributed by atoms with Gasteiger partial charge in [-0.25, -0.2) is 0 Å². The number of nitrogens with zero attached hydrogens (tertiary/aromatic N) is 2. The molecule has 8 nitrogen and oxygen atoms in total. The van der Waals surface area contributed by atoms with Gasteiger partial charge in [0.2, 0.25) is 0 Å². The monoisotopic (exact) mass is 556 g/mol. The zero-order chi connectivity index (χ0) is 29.5. The maximum Gasteiger partial charge on any atom is 0.256 e. The summed E-state index contributed by atoms with van der Waals surface area (Å²) in [6.45, 7) is 0.144. The van der Waals surface area contributed by atoms with E-state index in [0.717, 1.165) is 18.4 Å². The number of ketones is 1. The molecule has 0 unspecified atom stereocenters. The summed E-state index contributed by atoms with van der Waals surface area (Å²) >= 11 is 0. The number of benzene rings is 3. The Labute approximate surface area is 243 Å². The molecular weight excluding hydrogens is 528 g/mol. The van der Waals surface area contributed by atoms with Crippen LogP contribution in [0.2, 0.25) is 0 Å². The molecule has 2 N–H and O–H groups in total. The van der Waals surface area contributed by atoms with Crippen LogP contribution in [0, 0.1) is 12.3 Å². The number of hydrogen-bond acceptors (Lipinski definition) is 5. The van der Waals surface area contributed by atoms with Gasteiger partial charge in [-0.15, -0.1) is 6.42 Å². The third-order valence-corrected chi connectivity index (χ3v) is 6.64. The predicted octanol–water partition coefficient (Wildman–Crippen LogP) is 5.80. The van der Waals surface area contributed by atoms with Crippen molar-refractivity contribution in [1.82, 2.24) is 9.78 Å². The first-order chi connectivity index (χ1) is 20.4. The van der Waals surface area contributed by atoms with Crippen LogP contribution in [0.1, 0.15) is 39.1 Å². The van der Waals surface area contributed by atoms with Crippen molar-refractivity contribution in [2.24, 2.45) is 7.05 Å². The minimum Gasteiger partial charge on any atom is -0.481 e. The number of carbonyl (C=O) groups is 3. The Hall–Kier alpha value is -5.68. The minimum atomic E-state index is -0.374. The topological polar surface area (TPSA) is 102 Å². The molecule has 1 heterocycles. The van der Waals surface area contributed by atoms with Crippen LogP contribution in [0.25, 0.3) is 11.3 Å². The van der Waals surface area contributed by atoms with Crippen LogP contribution in [-0.4, -0.2) is 34.0 Å². The van der Waals surface area contributed by atoms with Crippen LogP contribution < -0.4 is 15.4 Å². The van der Waals surface area contributed by atoms with Gasteiger partial charge in [0.1, 0.15) is 18.2 Å². The highest BCUT2D eigenvalue weighted by atomic mass is 16.5. The second kappa shape index (κ2) is 12.7. The first-order valence-corrected chi connectivity index (χ1v) is 13.4. The first kappa shape index (κ1) is 27.9. The molecule has 4 aromatic rings. The molecule has 5 rings (SSSR count). The number of anilines is 2. The van der Waals surface area contributed by atoms with E-state index in [1.165, 1.54) is 0 Å². The van der Waals surface area contributed by atoms with E-state index in [0.29, 0.717) is 45.2 Å². The van der Waals surface area contributed by atoms with Crippen LogP contribution in [0.3, 0.4) is 0 Å². The van der Waals surface area contributed by atoms with Crippen molar-refractivity contribution in [3.8, 4) is 29.4 Å². The van der Waals surface area contributed by atoms with E-state index >= 15 is 0 Å². The van der Waals surface area contributed by atoms with Crippen molar-refractivity contribution >= 4 is 29.1 Å². The molecule has 0 fully saturated rings. The van der Waals surface area contributed by atoms with Crippen LogP contribution in [0.4, 0.5) is 11.5 Å². The van der Waals surface area contributed by atoms with Gasteiger partial charge in [0.15, 0.2) is 5.78 Å². The fourth-order valence-corrected chi connectivity index (χ4v) is 4.42. The molecule has 0 aliphatic heterocycles. The molecule has 208 valence electrons. The zero-order valence-corrected chi connectivity index (χ0v) is 23.0. The van der Waals surface area contributed by atoms with E-state index < -0.39 is 0 Å². The van der Waals surface area contributed by atoms with Crippen molar-refractivity contribution in [2.45, 2.75) is 12.8 Å².